The minimum Gasteiger partial charge on any atom is -0.368 e. The largest absolute Gasteiger partial charge is 0.368 e. The molecule has 6 heteroatoms. The van der Waals surface area contributed by atoms with Gasteiger partial charge in [0.2, 0.25) is 11.8 Å². The first-order valence-corrected chi connectivity index (χ1v) is 9.04. The molecule has 0 bridgehead atoms. The summed E-state index contributed by atoms with van der Waals surface area (Å²) in [6.45, 7) is 2.50. The predicted octanol–water partition coefficient (Wildman–Crippen LogP) is 2.75. The second-order valence-electron chi connectivity index (χ2n) is 6.13. The molecule has 1 aromatic rings. The van der Waals surface area contributed by atoms with Crippen LogP contribution in [-0.4, -0.2) is 34.8 Å². The van der Waals surface area contributed by atoms with E-state index in [1.54, 1.807) is 17.2 Å². The van der Waals surface area contributed by atoms with Crippen molar-refractivity contribution < 1.29 is 9.59 Å². The van der Waals surface area contributed by atoms with Crippen molar-refractivity contribution >= 4 is 29.2 Å². The second-order valence-corrected chi connectivity index (χ2v) is 7.40. The summed E-state index contributed by atoms with van der Waals surface area (Å²) in [6.07, 6.45) is 12.3. The molecule has 2 N–H and O–H groups in total. The first kappa shape index (κ1) is 17.7. The number of aryl methyl sites for hydroxylation is 1. The van der Waals surface area contributed by atoms with Crippen molar-refractivity contribution in [1.29, 1.82) is 0 Å². The van der Waals surface area contributed by atoms with Gasteiger partial charge in [-0.1, -0.05) is 32.1 Å². The average Bonchev–Trinajstić information content (AvgIpc) is 2.95. The summed E-state index contributed by atoms with van der Waals surface area (Å²) in [5.41, 5.74) is 5.29. The maximum absolute atomic E-state index is 12.3. The van der Waals surface area contributed by atoms with Gasteiger partial charge >= 0.3 is 0 Å². The topological polar surface area (TPSA) is 76.3 Å². The standard InChI is InChI=1S/C17H25N3O2S/c1-13-19-11-15(23-13)7-8-17(22)20(12-16(18)21)10-9-14-5-3-2-4-6-14/h7-8,11,14H,2-6,9-10,12H2,1H3,(H2,18,21). The third-order valence-corrected chi connectivity index (χ3v) is 5.10. The van der Waals surface area contributed by atoms with E-state index in [1.807, 2.05) is 6.92 Å². The molecule has 0 aromatic carbocycles. The fraction of sp³-hybridized carbons (Fsp3) is 0.588. The average molecular weight is 335 g/mol. The third-order valence-electron chi connectivity index (χ3n) is 4.22. The van der Waals surface area contributed by atoms with Crippen molar-refractivity contribution in [2.75, 3.05) is 13.1 Å². The Hall–Kier alpha value is -1.69. The molecule has 0 radical (unpaired) electrons. The Labute approximate surface area is 141 Å². The maximum Gasteiger partial charge on any atom is 0.247 e. The molecular formula is C17H25N3O2S. The van der Waals surface area contributed by atoms with Crippen LogP contribution in [0.5, 0.6) is 0 Å². The van der Waals surface area contributed by atoms with Gasteiger partial charge in [-0.05, 0) is 25.3 Å². The van der Waals surface area contributed by atoms with Crippen LogP contribution in [-0.2, 0) is 9.59 Å². The van der Waals surface area contributed by atoms with Crippen LogP contribution in [0.1, 0.15) is 48.4 Å². The van der Waals surface area contributed by atoms with Gasteiger partial charge in [0.1, 0.15) is 0 Å². The lowest BCUT2D eigenvalue weighted by Crippen LogP contribution is -2.38. The van der Waals surface area contributed by atoms with E-state index < -0.39 is 5.91 Å². The van der Waals surface area contributed by atoms with Gasteiger partial charge in [0.15, 0.2) is 0 Å². The SMILES string of the molecule is Cc1ncc(C=CC(=O)N(CCC2CCCCC2)CC(N)=O)s1. The summed E-state index contributed by atoms with van der Waals surface area (Å²) in [4.78, 5) is 30.2. The molecule has 1 aliphatic rings. The first-order chi connectivity index (χ1) is 11.0. The van der Waals surface area contributed by atoms with Crippen molar-refractivity contribution in [1.82, 2.24) is 9.88 Å². The van der Waals surface area contributed by atoms with Crippen LogP contribution in [0.2, 0.25) is 0 Å². The third kappa shape index (κ3) is 6.14. The molecule has 1 saturated carbocycles. The Balaban J connectivity index is 1.91. The highest BCUT2D eigenvalue weighted by molar-refractivity contribution is 7.12. The normalized spacial score (nSPS) is 15.9. The Morgan fingerprint density at radius 3 is 2.74 bits per heavy atom. The summed E-state index contributed by atoms with van der Waals surface area (Å²) in [5.74, 6) is 0.0368. The zero-order valence-corrected chi connectivity index (χ0v) is 14.5. The number of carbonyl (C=O) groups excluding carboxylic acids is 2. The lowest BCUT2D eigenvalue weighted by atomic mass is 9.87. The van der Waals surface area contributed by atoms with Gasteiger partial charge in [0.25, 0.3) is 0 Å². The summed E-state index contributed by atoms with van der Waals surface area (Å²) in [5, 5.41) is 0.961. The molecule has 0 saturated heterocycles. The van der Waals surface area contributed by atoms with Crippen LogP contribution in [0.15, 0.2) is 12.3 Å². The van der Waals surface area contributed by atoms with Gasteiger partial charge < -0.3 is 10.6 Å². The van der Waals surface area contributed by atoms with E-state index in [0.717, 1.165) is 16.3 Å². The fourth-order valence-electron chi connectivity index (χ4n) is 2.98. The van der Waals surface area contributed by atoms with E-state index in [2.05, 4.69) is 4.98 Å². The lowest BCUT2D eigenvalue weighted by Gasteiger charge is -2.25. The molecule has 23 heavy (non-hydrogen) atoms. The van der Waals surface area contributed by atoms with Gasteiger partial charge in [-0.3, -0.25) is 9.59 Å². The minimum absolute atomic E-state index is 0.0163. The lowest BCUT2D eigenvalue weighted by molar-refractivity contribution is -0.131. The molecule has 2 amide bonds. The van der Waals surface area contributed by atoms with E-state index in [9.17, 15) is 9.59 Å². The quantitative estimate of drug-likeness (QED) is 0.778. The highest BCUT2D eigenvalue weighted by Gasteiger charge is 2.18. The van der Waals surface area contributed by atoms with Crippen molar-refractivity contribution in [2.24, 2.45) is 11.7 Å². The molecular weight excluding hydrogens is 310 g/mol. The monoisotopic (exact) mass is 335 g/mol. The molecule has 1 heterocycles. The summed E-state index contributed by atoms with van der Waals surface area (Å²) >= 11 is 1.53. The molecule has 2 rings (SSSR count). The van der Waals surface area contributed by atoms with Gasteiger partial charge in [-0.2, -0.15) is 0 Å². The van der Waals surface area contributed by atoms with Crippen LogP contribution >= 0.6 is 11.3 Å². The first-order valence-electron chi connectivity index (χ1n) is 8.22. The number of amides is 2. The number of nitrogens with zero attached hydrogens (tertiary/aromatic N) is 2. The van der Waals surface area contributed by atoms with E-state index in [0.29, 0.717) is 12.5 Å². The number of hydrogen-bond donors (Lipinski definition) is 1. The summed E-state index contributed by atoms with van der Waals surface area (Å²) < 4.78 is 0. The van der Waals surface area contributed by atoms with Crippen LogP contribution in [0.4, 0.5) is 0 Å². The number of carbonyl (C=O) groups is 2. The molecule has 1 aromatic heterocycles. The zero-order valence-electron chi connectivity index (χ0n) is 13.7. The van der Waals surface area contributed by atoms with Crippen molar-refractivity contribution in [3.05, 3.63) is 22.2 Å². The Morgan fingerprint density at radius 1 is 1.39 bits per heavy atom. The van der Waals surface area contributed by atoms with Gasteiger partial charge in [-0.25, -0.2) is 4.98 Å². The zero-order chi connectivity index (χ0) is 16.7. The molecule has 0 unspecified atom stereocenters. The summed E-state index contributed by atoms with van der Waals surface area (Å²) in [6, 6.07) is 0. The number of thiazole rings is 1. The van der Waals surface area contributed by atoms with Crippen LogP contribution in [0, 0.1) is 12.8 Å². The second kappa shape index (κ2) is 8.82. The Kier molecular flexibility index (Phi) is 6.77. The van der Waals surface area contributed by atoms with E-state index in [4.69, 9.17) is 5.73 Å². The molecule has 0 aliphatic heterocycles. The molecule has 0 atom stereocenters. The number of nitrogens with two attached hydrogens (primary N) is 1. The highest BCUT2D eigenvalue weighted by Crippen LogP contribution is 2.26. The number of primary amides is 1. The minimum atomic E-state index is -0.468. The smallest absolute Gasteiger partial charge is 0.247 e. The van der Waals surface area contributed by atoms with E-state index >= 15 is 0 Å². The Bertz CT molecular complexity index is 562. The van der Waals surface area contributed by atoms with Gasteiger partial charge in [0.05, 0.1) is 11.6 Å². The van der Waals surface area contributed by atoms with Gasteiger partial charge in [-0.15, -0.1) is 11.3 Å². The number of aromatic nitrogens is 1. The Morgan fingerprint density at radius 2 is 2.13 bits per heavy atom. The van der Waals surface area contributed by atoms with E-state index in [1.165, 1.54) is 49.5 Å². The maximum atomic E-state index is 12.3. The fourth-order valence-corrected chi connectivity index (χ4v) is 3.67. The number of hydrogen-bond acceptors (Lipinski definition) is 4. The van der Waals surface area contributed by atoms with Crippen molar-refractivity contribution in [2.45, 2.75) is 45.4 Å². The molecule has 5 nitrogen and oxygen atoms in total. The van der Waals surface area contributed by atoms with Crippen molar-refractivity contribution in [3.63, 3.8) is 0 Å². The summed E-state index contributed by atoms with van der Waals surface area (Å²) in [7, 11) is 0. The van der Waals surface area contributed by atoms with E-state index in [-0.39, 0.29) is 12.5 Å². The molecule has 126 valence electrons. The molecule has 0 spiro atoms. The predicted molar refractivity (Wildman–Crippen MR) is 92.9 cm³/mol. The van der Waals surface area contributed by atoms with Crippen LogP contribution in [0.3, 0.4) is 0 Å². The highest BCUT2D eigenvalue weighted by atomic mass is 32.1. The molecule has 1 fully saturated rings. The number of rotatable bonds is 7. The van der Waals surface area contributed by atoms with Crippen LogP contribution < -0.4 is 5.73 Å². The molecule has 1 aliphatic carbocycles. The van der Waals surface area contributed by atoms with Crippen molar-refractivity contribution in [3.8, 4) is 0 Å². The van der Waals surface area contributed by atoms with Gasteiger partial charge in [0, 0.05) is 23.7 Å². The van der Waals surface area contributed by atoms with Crippen LogP contribution in [0.25, 0.3) is 6.08 Å².